The lowest BCUT2D eigenvalue weighted by atomic mass is 10.0. The maximum absolute atomic E-state index is 14.5. The van der Waals surface area contributed by atoms with Crippen molar-refractivity contribution in [1.29, 1.82) is 0 Å². The number of carbonyl (C=O) groups excluding carboxylic acids is 2. The monoisotopic (exact) mass is 631 g/mol. The van der Waals surface area contributed by atoms with Crippen molar-refractivity contribution < 1.29 is 18.0 Å². The van der Waals surface area contributed by atoms with E-state index in [1.165, 1.54) is 17.0 Å². The summed E-state index contributed by atoms with van der Waals surface area (Å²) in [4.78, 5) is 29.6. The standard InChI is InChI=1S/C35H38ClN3O4S/c1-5-37-35(41)33(21-28-12-7-6-8-13-28)38(23-29-14-10-9-11-26(29)3)34(40)24-39(30-18-17-27(4)32(36)22-30)44(42,43)31-19-15-25(2)16-20-31/h6-20,22,33H,5,21,23-24H2,1-4H3,(H,37,41)/t33-/m1/s1. The summed E-state index contributed by atoms with van der Waals surface area (Å²) in [7, 11) is -4.20. The minimum absolute atomic E-state index is 0.0441. The van der Waals surface area contributed by atoms with Gasteiger partial charge >= 0.3 is 0 Å². The van der Waals surface area contributed by atoms with Crippen LogP contribution >= 0.6 is 11.6 Å². The van der Waals surface area contributed by atoms with E-state index in [1.807, 2.05) is 82.3 Å². The molecule has 0 saturated heterocycles. The lowest BCUT2D eigenvalue weighted by Gasteiger charge is -2.34. The number of hydrogen-bond acceptors (Lipinski definition) is 4. The molecule has 0 heterocycles. The van der Waals surface area contributed by atoms with E-state index in [1.54, 1.807) is 30.3 Å². The fourth-order valence-corrected chi connectivity index (χ4v) is 6.50. The summed E-state index contributed by atoms with van der Waals surface area (Å²) in [6.07, 6.45) is 0.255. The average molecular weight is 632 g/mol. The molecule has 2 amide bonds. The highest BCUT2D eigenvalue weighted by Gasteiger charge is 2.34. The largest absolute Gasteiger partial charge is 0.355 e. The van der Waals surface area contributed by atoms with Crippen LogP contribution in [0.4, 0.5) is 5.69 Å². The van der Waals surface area contributed by atoms with E-state index in [-0.39, 0.29) is 29.5 Å². The third kappa shape index (κ3) is 7.87. The number of aryl methyl sites for hydroxylation is 3. The number of nitrogens with zero attached hydrogens (tertiary/aromatic N) is 2. The van der Waals surface area contributed by atoms with Crippen molar-refractivity contribution in [2.75, 3.05) is 17.4 Å². The van der Waals surface area contributed by atoms with Gasteiger partial charge in [-0.3, -0.25) is 13.9 Å². The molecule has 7 nitrogen and oxygen atoms in total. The molecule has 4 aromatic rings. The van der Waals surface area contributed by atoms with Crippen LogP contribution in [0, 0.1) is 20.8 Å². The van der Waals surface area contributed by atoms with Crippen LogP contribution in [0.15, 0.2) is 102 Å². The van der Waals surface area contributed by atoms with Gasteiger partial charge in [-0.15, -0.1) is 0 Å². The van der Waals surface area contributed by atoms with E-state index >= 15 is 0 Å². The molecule has 0 spiro atoms. The van der Waals surface area contributed by atoms with Gasteiger partial charge in [-0.05, 0) is 74.2 Å². The van der Waals surface area contributed by atoms with Crippen LogP contribution in [-0.4, -0.2) is 44.3 Å². The Balaban J connectivity index is 1.82. The van der Waals surface area contributed by atoms with Gasteiger partial charge in [0.15, 0.2) is 0 Å². The van der Waals surface area contributed by atoms with Gasteiger partial charge < -0.3 is 10.2 Å². The molecule has 230 valence electrons. The Morgan fingerprint density at radius 3 is 2.14 bits per heavy atom. The minimum Gasteiger partial charge on any atom is -0.355 e. The minimum atomic E-state index is -4.20. The van der Waals surface area contributed by atoms with E-state index in [0.717, 1.165) is 32.1 Å². The Morgan fingerprint density at radius 2 is 1.50 bits per heavy atom. The predicted octanol–water partition coefficient (Wildman–Crippen LogP) is 6.24. The summed E-state index contributed by atoms with van der Waals surface area (Å²) in [6.45, 7) is 7.42. The molecular weight excluding hydrogens is 594 g/mol. The first-order chi connectivity index (χ1) is 21.0. The van der Waals surface area contributed by atoms with Crippen LogP contribution in [-0.2, 0) is 32.6 Å². The first-order valence-corrected chi connectivity index (χ1v) is 16.3. The highest BCUT2D eigenvalue weighted by atomic mass is 35.5. The Labute approximate surface area is 265 Å². The normalized spacial score (nSPS) is 11.9. The van der Waals surface area contributed by atoms with Crippen molar-refractivity contribution in [3.05, 3.63) is 130 Å². The second-order valence-electron chi connectivity index (χ2n) is 10.8. The van der Waals surface area contributed by atoms with Gasteiger partial charge in [0, 0.05) is 24.5 Å². The second kappa shape index (κ2) is 14.6. The fraction of sp³-hybridized carbons (Fsp3) is 0.257. The van der Waals surface area contributed by atoms with Crippen LogP contribution in [0.3, 0.4) is 0 Å². The van der Waals surface area contributed by atoms with Crippen molar-refractivity contribution in [3.63, 3.8) is 0 Å². The number of rotatable bonds is 12. The molecular formula is C35H38ClN3O4S. The predicted molar refractivity (Wildman–Crippen MR) is 176 cm³/mol. The highest BCUT2D eigenvalue weighted by Crippen LogP contribution is 2.29. The molecule has 0 aliphatic heterocycles. The fourth-order valence-electron chi connectivity index (χ4n) is 4.92. The van der Waals surface area contributed by atoms with E-state index in [9.17, 15) is 18.0 Å². The van der Waals surface area contributed by atoms with Crippen molar-refractivity contribution >= 4 is 39.1 Å². The maximum atomic E-state index is 14.5. The molecule has 44 heavy (non-hydrogen) atoms. The van der Waals surface area contributed by atoms with Gasteiger partial charge in [-0.25, -0.2) is 8.42 Å². The van der Waals surface area contributed by atoms with Crippen molar-refractivity contribution in [2.45, 2.75) is 51.6 Å². The van der Waals surface area contributed by atoms with Crippen LogP contribution in [0.2, 0.25) is 5.02 Å². The first kappa shape index (κ1) is 32.8. The third-order valence-corrected chi connectivity index (χ3v) is 9.75. The Morgan fingerprint density at radius 1 is 0.841 bits per heavy atom. The average Bonchev–Trinajstić information content (AvgIpc) is 3.00. The number of hydrogen-bond donors (Lipinski definition) is 1. The molecule has 4 rings (SSSR count). The second-order valence-corrected chi connectivity index (χ2v) is 13.1. The molecule has 0 aliphatic rings. The molecule has 1 N–H and O–H groups in total. The summed E-state index contributed by atoms with van der Waals surface area (Å²) < 4.78 is 29.4. The quantitative estimate of drug-likeness (QED) is 0.201. The van der Waals surface area contributed by atoms with Gasteiger partial charge in [0.2, 0.25) is 11.8 Å². The van der Waals surface area contributed by atoms with E-state index in [4.69, 9.17) is 11.6 Å². The molecule has 4 aromatic carbocycles. The summed E-state index contributed by atoms with van der Waals surface area (Å²) in [6, 6.07) is 27.6. The molecule has 0 fully saturated rings. The first-order valence-electron chi connectivity index (χ1n) is 14.5. The maximum Gasteiger partial charge on any atom is 0.264 e. The molecule has 1 atom stereocenters. The molecule has 0 bridgehead atoms. The van der Waals surface area contributed by atoms with Gasteiger partial charge in [0.25, 0.3) is 10.0 Å². The van der Waals surface area contributed by atoms with Gasteiger partial charge in [-0.1, -0.05) is 90.0 Å². The van der Waals surface area contributed by atoms with Crippen LogP contribution in [0.1, 0.15) is 34.7 Å². The summed E-state index contributed by atoms with van der Waals surface area (Å²) in [5.74, 6) is -0.836. The number of amides is 2. The molecule has 0 saturated carbocycles. The number of halogens is 1. The topological polar surface area (TPSA) is 86.8 Å². The summed E-state index contributed by atoms with van der Waals surface area (Å²) in [5.41, 5.74) is 4.61. The molecule has 0 aliphatic carbocycles. The smallest absolute Gasteiger partial charge is 0.264 e. The third-order valence-electron chi connectivity index (χ3n) is 7.56. The van der Waals surface area contributed by atoms with Gasteiger partial charge in [0.1, 0.15) is 12.6 Å². The lowest BCUT2D eigenvalue weighted by Crippen LogP contribution is -2.53. The van der Waals surface area contributed by atoms with Crippen molar-refractivity contribution in [3.8, 4) is 0 Å². The number of nitrogens with one attached hydrogen (secondary N) is 1. The number of likely N-dealkylation sites (N-methyl/N-ethyl adjacent to an activating group) is 1. The van der Waals surface area contributed by atoms with Crippen molar-refractivity contribution in [2.24, 2.45) is 0 Å². The van der Waals surface area contributed by atoms with Gasteiger partial charge in [-0.2, -0.15) is 0 Å². The number of carbonyl (C=O) groups is 2. The SMILES string of the molecule is CCNC(=O)[C@@H](Cc1ccccc1)N(Cc1ccccc1C)C(=O)CN(c1ccc(C)c(Cl)c1)S(=O)(=O)c1ccc(C)cc1. The zero-order valence-corrected chi connectivity index (χ0v) is 27.0. The van der Waals surface area contributed by atoms with E-state index in [2.05, 4.69) is 5.32 Å². The lowest BCUT2D eigenvalue weighted by molar-refractivity contribution is -0.140. The van der Waals surface area contributed by atoms with Crippen LogP contribution < -0.4 is 9.62 Å². The van der Waals surface area contributed by atoms with Crippen molar-refractivity contribution in [1.82, 2.24) is 10.2 Å². The van der Waals surface area contributed by atoms with Crippen LogP contribution in [0.25, 0.3) is 0 Å². The Hall–Kier alpha value is -4.14. The number of anilines is 1. The van der Waals surface area contributed by atoms with Gasteiger partial charge in [0.05, 0.1) is 10.6 Å². The molecule has 9 heteroatoms. The summed E-state index contributed by atoms with van der Waals surface area (Å²) >= 11 is 6.45. The van der Waals surface area contributed by atoms with E-state index in [0.29, 0.717) is 11.6 Å². The zero-order chi connectivity index (χ0) is 31.9. The molecule has 0 aromatic heterocycles. The van der Waals surface area contributed by atoms with E-state index < -0.39 is 28.5 Å². The number of benzene rings is 4. The van der Waals surface area contributed by atoms with Crippen LogP contribution in [0.5, 0.6) is 0 Å². The zero-order valence-electron chi connectivity index (χ0n) is 25.5. The molecule has 0 unspecified atom stereocenters. The summed E-state index contributed by atoms with van der Waals surface area (Å²) in [5, 5.41) is 3.25. The molecule has 0 radical (unpaired) electrons. The Kier molecular flexibility index (Phi) is 10.8. The Bertz CT molecular complexity index is 1710. The number of sulfonamides is 1. The highest BCUT2D eigenvalue weighted by molar-refractivity contribution is 7.92.